The van der Waals surface area contributed by atoms with Crippen LogP contribution in [0.25, 0.3) is 0 Å². The highest BCUT2D eigenvalue weighted by Gasteiger charge is 2.41. The molecule has 12 nitrogen and oxygen atoms in total. The van der Waals surface area contributed by atoms with E-state index in [9.17, 15) is 23.1 Å². The number of pyridine rings is 1. The predicted octanol–water partition coefficient (Wildman–Crippen LogP) is 4.29. The van der Waals surface area contributed by atoms with Gasteiger partial charge in [-0.15, -0.1) is 0 Å². The van der Waals surface area contributed by atoms with Gasteiger partial charge >= 0.3 is 6.03 Å². The van der Waals surface area contributed by atoms with E-state index in [0.717, 1.165) is 16.8 Å². The fourth-order valence-corrected chi connectivity index (χ4v) is 7.82. The maximum atomic E-state index is 14.3. The molecule has 4 atom stereocenters. The number of carbonyl (C=O) groups excluding carboxylic acids is 2. The molecule has 13 heteroatoms. The molecule has 0 aliphatic carbocycles. The molecule has 270 valence electrons. The summed E-state index contributed by atoms with van der Waals surface area (Å²) in [4.78, 5) is 35.7. The number of urea groups is 1. The van der Waals surface area contributed by atoms with Gasteiger partial charge in [-0.1, -0.05) is 87.8 Å². The van der Waals surface area contributed by atoms with Crippen molar-refractivity contribution in [3.63, 3.8) is 0 Å². The van der Waals surface area contributed by atoms with Crippen molar-refractivity contribution >= 4 is 28.2 Å². The Labute approximate surface area is 295 Å². The molecule has 0 bridgehead atoms. The van der Waals surface area contributed by atoms with Gasteiger partial charge in [0.1, 0.15) is 6.04 Å². The molecular weight excluding hydrogens is 657 g/mol. The molecule has 2 aromatic carbocycles. The van der Waals surface area contributed by atoms with E-state index in [-0.39, 0.29) is 42.3 Å². The highest BCUT2D eigenvalue weighted by molar-refractivity contribution is 7.89. The van der Waals surface area contributed by atoms with Gasteiger partial charge in [0.15, 0.2) is 0 Å². The number of hydrogen-bond acceptors (Lipinski definition) is 8. The standard InChI is InChI=1S/C37H50N6O6S/c1-6-27(4)35(43-20-19-41(37(43)46)24-31-13-10-18-38-28(31)5)36(45)40-33(21-29-11-8-7-9-12-29)34(44)25-42(23-26(2)3)50(48,49)32-16-14-30(15-17-32)22-39-47/h7-18,22,26-27,33-35,44,47H,6,19-21,23-25H2,1-5H3,(H,40,45)/b39-22+/t27?,33-,34+,35-/m0/s1. The molecule has 1 unspecified atom stereocenters. The zero-order valence-electron chi connectivity index (χ0n) is 29.5. The summed E-state index contributed by atoms with van der Waals surface area (Å²) in [5.74, 6) is -0.647. The van der Waals surface area contributed by atoms with Gasteiger partial charge in [0.2, 0.25) is 15.9 Å². The molecule has 0 radical (unpaired) electrons. The first-order valence-corrected chi connectivity index (χ1v) is 18.6. The summed E-state index contributed by atoms with van der Waals surface area (Å²) in [7, 11) is -4.06. The minimum Gasteiger partial charge on any atom is -0.411 e. The largest absolute Gasteiger partial charge is 0.411 e. The van der Waals surface area contributed by atoms with Crippen LogP contribution in [0.1, 0.15) is 56.5 Å². The maximum Gasteiger partial charge on any atom is 0.321 e. The van der Waals surface area contributed by atoms with E-state index < -0.39 is 34.1 Å². The topological polar surface area (TPSA) is 156 Å². The Hall–Kier alpha value is -4.33. The van der Waals surface area contributed by atoms with Gasteiger partial charge in [-0.2, -0.15) is 4.31 Å². The number of aliphatic hydroxyl groups excluding tert-OH is 1. The SMILES string of the molecule is CCC(C)[C@@H](C(=O)N[C@@H](Cc1ccccc1)[C@H](O)CN(CC(C)C)S(=O)(=O)c1ccc(/C=N/O)cc1)N1CCN(Cc2cccnc2C)C1=O. The van der Waals surface area contributed by atoms with Crippen LogP contribution in [-0.2, 0) is 27.8 Å². The van der Waals surface area contributed by atoms with Gasteiger partial charge < -0.3 is 25.4 Å². The molecule has 3 N–H and O–H groups in total. The van der Waals surface area contributed by atoms with Crippen molar-refractivity contribution in [1.82, 2.24) is 24.4 Å². The quantitative estimate of drug-likeness (QED) is 0.108. The molecule has 0 spiro atoms. The number of carbonyl (C=O) groups is 2. The number of benzene rings is 2. The molecule has 1 aromatic heterocycles. The van der Waals surface area contributed by atoms with Crippen LogP contribution in [-0.4, -0.2) is 100 Å². The smallest absolute Gasteiger partial charge is 0.321 e. The normalized spacial score (nSPS) is 16.3. The minimum atomic E-state index is -4.06. The van der Waals surface area contributed by atoms with Crippen LogP contribution in [0, 0.1) is 18.8 Å². The van der Waals surface area contributed by atoms with Crippen LogP contribution in [0.5, 0.6) is 0 Å². The van der Waals surface area contributed by atoms with E-state index in [1.807, 2.05) is 77.1 Å². The Morgan fingerprint density at radius 3 is 2.36 bits per heavy atom. The van der Waals surface area contributed by atoms with Crippen molar-refractivity contribution in [2.45, 2.75) is 77.1 Å². The molecule has 3 amide bonds. The second-order valence-electron chi connectivity index (χ2n) is 13.4. The van der Waals surface area contributed by atoms with Gasteiger partial charge in [-0.05, 0) is 60.1 Å². The zero-order chi connectivity index (χ0) is 36.4. The second kappa shape index (κ2) is 17.6. The first-order chi connectivity index (χ1) is 23.8. The van der Waals surface area contributed by atoms with E-state index >= 15 is 0 Å². The molecule has 0 saturated carbocycles. The average molecular weight is 707 g/mol. The Morgan fingerprint density at radius 2 is 1.74 bits per heavy atom. The van der Waals surface area contributed by atoms with E-state index in [4.69, 9.17) is 5.21 Å². The Balaban J connectivity index is 1.59. The lowest BCUT2D eigenvalue weighted by molar-refractivity contribution is -0.128. The number of rotatable bonds is 17. The molecule has 50 heavy (non-hydrogen) atoms. The number of nitrogens with zero attached hydrogens (tertiary/aromatic N) is 5. The third kappa shape index (κ3) is 9.67. The van der Waals surface area contributed by atoms with Crippen LogP contribution < -0.4 is 5.32 Å². The molecule has 2 heterocycles. The fourth-order valence-electron chi connectivity index (χ4n) is 6.20. The predicted molar refractivity (Wildman–Crippen MR) is 192 cm³/mol. The van der Waals surface area contributed by atoms with E-state index in [1.165, 1.54) is 34.8 Å². The number of sulfonamides is 1. The minimum absolute atomic E-state index is 0.0273. The van der Waals surface area contributed by atoms with Gasteiger partial charge in [-0.25, -0.2) is 13.2 Å². The number of aryl methyl sites for hydroxylation is 1. The summed E-state index contributed by atoms with van der Waals surface area (Å²) in [5.41, 5.74) is 3.16. The number of aromatic nitrogens is 1. The lowest BCUT2D eigenvalue weighted by Crippen LogP contribution is -2.57. The van der Waals surface area contributed by atoms with E-state index in [1.54, 1.807) is 16.0 Å². The van der Waals surface area contributed by atoms with E-state index in [2.05, 4.69) is 15.5 Å². The third-order valence-electron chi connectivity index (χ3n) is 9.17. The highest BCUT2D eigenvalue weighted by Crippen LogP contribution is 2.24. The summed E-state index contributed by atoms with van der Waals surface area (Å²) in [6, 6.07) is 17.2. The second-order valence-corrected chi connectivity index (χ2v) is 15.3. The maximum absolute atomic E-state index is 14.3. The van der Waals surface area contributed by atoms with Crippen LogP contribution >= 0.6 is 0 Å². The van der Waals surface area contributed by atoms with Crippen molar-refractivity contribution in [2.75, 3.05) is 26.2 Å². The Kier molecular flexibility index (Phi) is 13.5. The molecule has 4 rings (SSSR count). The molecule has 1 fully saturated rings. The number of aliphatic hydroxyl groups is 1. The summed E-state index contributed by atoms with van der Waals surface area (Å²) >= 11 is 0. The summed E-state index contributed by atoms with van der Waals surface area (Å²) < 4.78 is 29.0. The van der Waals surface area contributed by atoms with Crippen molar-refractivity contribution in [1.29, 1.82) is 0 Å². The van der Waals surface area contributed by atoms with Gasteiger partial charge in [0.25, 0.3) is 0 Å². The number of amides is 3. The summed E-state index contributed by atoms with van der Waals surface area (Å²) in [5, 5.41) is 26.7. The third-order valence-corrected chi connectivity index (χ3v) is 11.0. The molecule has 1 saturated heterocycles. The van der Waals surface area contributed by atoms with Crippen molar-refractivity contribution < 1.29 is 28.3 Å². The van der Waals surface area contributed by atoms with Gasteiger partial charge in [0.05, 0.1) is 23.3 Å². The summed E-state index contributed by atoms with van der Waals surface area (Å²) in [6.45, 7) is 10.7. The first kappa shape index (κ1) is 38.5. The Bertz CT molecular complexity index is 1700. The monoisotopic (exact) mass is 706 g/mol. The van der Waals surface area contributed by atoms with Crippen molar-refractivity contribution in [3.05, 3.63) is 95.3 Å². The van der Waals surface area contributed by atoms with Crippen molar-refractivity contribution in [2.24, 2.45) is 17.0 Å². The summed E-state index contributed by atoms with van der Waals surface area (Å²) in [6.07, 6.45) is 2.51. The highest BCUT2D eigenvalue weighted by atomic mass is 32.2. The fraction of sp³-hybridized carbons (Fsp3) is 0.459. The van der Waals surface area contributed by atoms with Crippen molar-refractivity contribution in [3.8, 4) is 0 Å². The molecule has 1 aliphatic heterocycles. The molecule has 3 aromatic rings. The first-order valence-electron chi connectivity index (χ1n) is 17.1. The lowest BCUT2D eigenvalue weighted by atomic mass is 9.95. The lowest BCUT2D eigenvalue weighted by Gasteiger charge is -2.35. The van der Waals surface area contributed by atoms with Crippen LogP contribution in [0.4, 0.5) is 4.79 Å². The zero-order valence-corrected chi connectivity index (χ0v) is 30.3. The van der Waals surface area contributed by atoms with Crippen LogP contribution in [0.3, 0.4) is 0 Å². The number of nitrogens with one attached hydrogen (secondary N) is 1. The number of oxime groups is 1. The molecule has 1 aliphatic rings. The van der Waals surface area contributed by atoms with Gasteiger partial charge in [0, 0.05) is 44.6 Å². The Morgan fingerprint density at radius 1 is 1.04 bits per heavy atom. The van der Waals surface area contributed by atoms with Crippen LogP contribution in [0.15, 0.2) is 83.0 Å². The van der Waals surface area contributed by atoms with Gasteiger partial charge in [-0.3, -0.25) is 9.78 Å². The number of hydrogen-bond donors (Lipinski definition) is 3. The molecular formula is C37H50N6O6S. The van der Waals surface area contributed by atoms with Crippen LogP contribution in [0.2, 0.25) is 0 Å². The van der Waals surface area contributed by atoms with E-state index in [0.29, 0.717) is 31.6 Å². The average Bonchev–Trinajstić information content (AvgIpc) is 3.44.